The van der Waals surface area contributed by atoms with Crippen molar-refractivity contribution in [1.29, 1.82) is 5.26 Å². The largest absolute Gasteiger partial charge is 0.494 e. The molecule has 1 aromatic heterocycles. The third kappa shape index (κ3) is 2.35. The van der Waals surface area contributed by atoms with Crippen molar-refractivity contribution in [2.24, 2.45) is 0 Å². The average Bonchev–Trinajstić information content (AvgIpc) is 2.39. The first kappa shape index (κ1) is 11.8. The molecule has 0 radical (unpaired) electrons. The van der Waals surface area contributed by atoms with E-state index in [0.717, 1.165) is 0 Å². The molecule has 1 aromatic carbocycles. The quantitative estimate of drug-likeness (QED) is 0.896. The number of hydrogen-bond donors (Lipinski definition) is 1. The summed E-state index contributed by atoms with van der Waals surface area (Å²) in [6, 6.07) is 6.27. The summed E-state index contributed by atoms with van der Waals surface area (Å²) < 4.78 is 18.3. The molecule has 0 amide bonds. The van der Waals surface area contributed by atoms with Crippen LogP contribution in [0.1, 0.15) is 5.69 Å². The number of nitrogens with zero attached hydrogens (tertiary/aromatic N) is 3. The Hall–Kier alpha value is -2.68. The smallest absolute Gasteiger partial charge is 0.183 e. The maximum Gasteiger partial charge on any atom is 0.183 e. The average molecular weight is 244 g/mol. The van der Waals surface area contributed by atoms with Gasteiger partial charge >= 0.3 is 0 Å². The van der Waals surface area contributed by atoms with Gasteiger partial charge in [-0.1, -0.05) is 0 Å². The first-order valence-corrected chi connectivity index (χ1v) is 5.06. The minimum Gasteiger partial charge on any atom is -0.494 e. The van der Waals surface area contributed by atoms with Crippen LogP contribution in [0.2, 0.25) is 0 Å². The number of hydrogen-bond acceptors (Lipinski definition) is 5. The highest BCUT2D eigenvalue weighted by molar-refractivity contribution is 5.61. The van der Waals surface area contributed by atoms with Crippen LogP contribution in [-0.2, 0) is 0 Å². The number of nitrogens with one attached hydrogen (secondary N) is 1. The van der Waals surface area contributed by atoms with E-state index in [-0.39, 0.29) is 17.3 Å². The van der Waals surface area contributed by atoms with Gasteiger partial charge in [0.15, 0.2) is 23.1 Å². The summed E-state index contributed by atoms with van der Waals surface area (Å²) in [5.74, 6) is -0.0605. The molecule has 2 aromatic rings. The maximum absolute atomic E-state index is 13.5. The molecular formula is C12H9FN4O. The van der Waals surface area contributed by atoms with Crippen molar-refractivity contribution in [3.8, 4) is 11.8 Å². The molecule has 0 bridgehead atoms. The van der Waals surface area contributed by atoms with E-state index in [1.54, 1.807) is 6.07 Å². The summed E-state index contributed by atoms with van der Waals surface area (Å²) in [5.41, 5.74) is 0.610. The van der Waals surface area contributed by atoms with Gasteiger partial charge in [-0.05, 0) is 12.1 Å². The molecule has 0 aliphatic heterocycles. The van der Waals surface area contributed by atoms with Gasteiger partial charge in [-0.25, -0.2) is 14.4 Å². The highest BCUT2D eigenvalue weighted by atomic mass is 19.1. The second-order valence-corrected chi connectivity index (χ2v) is 3.34. The van der Waals surface area contributed by atoms with E-state index >= 15 is 0 Å². The zero-order valence-corrected chi connectivity index (χ0v) is 9.51. The fourth-order valence-corrected chi connectivity index (χ4v) is 1.39. The van der Waals surface area contributed by atoms with Gasteiger partial charge < -0.3 is 10.1 Å². The molecule has 1 N–H and O–H groups in total. The van der Waals surface area contributed by atoms with Crippen LogP contribution >= 0.6 is 0 Å². The van der Waals surface area contributed by atoms with Gasteiger partial charge in [0.2, 0.25) is 0 Å². The Bertz CT molecular complexity index is 609. The molecule has 0 saturated carbocycles. The molecule has 2 rings (SSSR count). The predicted octanol–water partition coefficient (Wildman–Crippen LogP) is 2.24. The highest BCUT2D eigenvalue weighted by Gasteiger charge is 2.07. The minimum absolute atomic E-state index is 0.147. The van der Waals surface area contributed by atoms with Crippen LogP contribution in [0, 0.1) is 17.1 Å². The Kier molecular flexibility index (Phi) is 3.34. The van der Waals surface area contributed by atoms with Crippen molar-refractivity contribution in [3.63, 3.8) is 0 Å². The van der Waals surface area contributed by atoms with Crippen LogP contribution in [-0.4, -0.2) is 17.1 Å². The molecule has 0 spiro atoms. The lowest BCUT2D eigenvalue weighted by Crippen LogP contribution is -1.99. The first-order chi connectivity index (χ1) is 8.74. The fraction of sp³-hybridized carbons (Fsp3) is 0.0833. The number of halogens is 1. The lowest BCUT2D eigenvalue weighted by atomic mass is 10.3. The van der Waals surface area contributed by atoms with E-state index in [9.17, 15) is 4.39 Å². The number of benzene rings is 1. The van der Waals surface area contributed by atoms with E-state index in [1.807, 2.05) is 6.07 Å². The zero-order chi connectivity index (χ0) is 13.0. The number of anilines is 2. The standard InChI is InChI=1S/C12H9FN4O/c1-18-11-3-2-8(6-9(11)13)17-12-10(7-14)15-4-5-16-12/h2-6H,1H3,(H,16,17). The van der Waals surface area contributed by atoms with Crippen molar-refractivity contribution in [2.75, 3.05) is 12.4 Å². The minimum atomic E-state index is -0.495. The van der Waals surface area contributed by atoms with Gasteiger partial charge in [0, 0.05) is 24.1 Å². The number of aromatic nitrogens is 2. The SMILES string of the molecule is COc1ccc(Nc2nccnc2C#N)cc1F. The van der Waals surface area contributed by atoms with Gasteiger partial charge in [0.1, 0.15) is 6.07 Å². The Balaban J connectivity index is 2.29. The molecule has 0 fully saturated rings. The summed E-state index contributed by atoms with van der Waals surface area (Å²) in [6.45, 7) is 0. The third-order valence-electron chi connectivity index (χ3n) is 2.22. The van der Waals surface area contributed by atoms with Crippen LogP contribution in [0.25, 0.3) is 0 Å². The Morgan fingerprint density at radius 1 is 1.33 bits per heavy atom. The molecule has 18 heavy (non-hydrogen) atoms. The number of ether oxygens (including phenoxy) is 1. The Morgan fingerprint density at radius 2 is 2.11 bits per heavy atom. The van der Waals surface area contributed by atoms with Gasteiger partial charge in [0.05, 0.1) is 7.11 Å². The van der Waals surface area contributed by atoms with Crippen LogP contribution in [0.3, 0.4) is 0 Å². The molecule has 0 aliphatic rings. The Morgan fingerprint density at radius 3 is 2.78 bits per heavy atom. The van der Waals surface area contributed by atoms with Crippen LogP contribution in [0.15, 0.2) is 30.6 Å². The third-order valence-corrected chi connectivity index (χ3v) is 2.22. The zero-order valence-electron chi connectivity index (χ0n) is 9.51. The first-order valence-electron chi connectivity index (χ1n) is 5.06. The molecular weight excluding hydrogens is 235 g/mol. The van der Waals surface area contributed by atoms with Crippen molar-refractivity contribution in [1.82, 2.24) is 9.97 Å². The van der Waals surface area contributed by atoms with E-state index in [0.29, 0.717) is 5.69 Å². The van der Waals surface area contributed by atoms with Gasteiger partial charge in [0.25, 0.3) is 0 Å². The lowest BCUT2D eigenvalue weighted by Gasteiger charge is -2.08. The molecule has 0 atom stereocenters. The van der Waals surface area contributed by atoms with E-state index in [4.69, 9.17) is 10.00 Å². The van der Waals surface area contributed by atoms with Crippen LogP contribution in [0.5, 0.6) is 5.75 Å². The summed E-state index contributed by atoms with van der Waals surface area (Å²) in [6.07, 6.45) is 2.86. The summed E-state index contributed by atoms with van der Waals surface area (Å²) >= 11 is 0. The van der Waals surface area contributed by atoms with Crippen molar-refractivity contribution in [3.05, 3.63) is 42.1 Å². The number of methoxy groups -OCH3 is 1. The normalized spacial score (nSPS) is 9.61. The van der Waals surface area contributed by atoms with E-state index < -0.39 is 5.82 Å². The second-order valence-electron chi connectivity index (χ2n) is 3.34. The highest BCUT2D eigenvalue weighted by Crippen LogP contribution is 2.23. The number of rotatable bonds is 3. The molecule has 0 aliphatic carbocycles. The molecule has 1 heterocycles. The monoisotopic (exact) mass is 244 g/mol. The Labute approximate surface area is 103 Å². The summed E-state index contributed by atoms with van der Waals surface area (Å²) in [7, 11) is 1.39. The summed E-state index contributed by atoms with van der Waals surface area (Å²) in [5, 5.41) is 11.7. The van der Waals surface area contributed by atoms with Gasteiger partial charge in [-0.15, -0.1) is 0 Å². The van der Waals surface area contributed by atoms with Crippen LogP contribution < -0.4 is 10.1 Å². The summed E-state index contributed by atoms with van der Waals surface area (Å²) in [4.78, 5) is 7.81. The van der Waals surface area contributed by atoms with Crippen molar-refractivity contribution in [2.45, 2.75) is 0 Å². The van der Waals surface area contributed by atoms with Gasteiger partial charge in [-0.3, -0.25) is 0 Å². The van der Waals surface area contributed by atoms with E-state index in [2.05, 4.69) is 15.3 Å². The van der Waals surface area contributed by atoms with E-state index in [1.165, 1.54) is 31.6 Å². The number of nitriles is 1. The maximum atomic E-state index is 13.5. The lowest BCUT2D eigenvalue weighted by molar-refractivity contribution is 0.386. The van der Waals surface area contributed by atoms with Crippen LogP contribution in [0.4, 0.5) is 15.9 Å². The second kappa shape index (κ2) is 5.10. The molecule has 0 saturated heterocycles. The van der Waals surface area contributed by atoms with Gasteiger partial charge in [-0.2, -0.15) is 5.26 Å². The van der Waals surface area contributed by atoms with Crippen molar-refractivity contribution < 1.29 is 9.13 Å². The fourth-order valence-electron chi connectivity index (χ4n) is 1.39. The predicted molar refractivity (Wildman–Crippen MR) is 63.0 cm³/mol. The van der Waals surface area contributed by atoms with Crippen molar-refractivity contribution >= 4 is 11.5 Å². The molecule has 6 heteroatoms. The molecule has 90 valence electrons. The molecule has 5 nitrogen and oxygen atoms in total. The molecule has 0 unspecified atom stereocenters. The topological polar surface area (TPSA) is 70.8 Å².